The Morgan fingerprint density at radius 3 is 2.82 bits per heavy atom. The Morgan fingerprint density at radius 2 is 2.29 bits per heavy atom. The van der Waals surface area contributed by atoms with Gasteiger partial charge in [0.15, 0.2) is 0 Å². The zero-order chi connectivity index (χ0) is 12.4. The molecule has 92 valence electrons. The van der Waals surface area contributed by atoms with Gasteiger partial charge in [-0.2, -0.15) is 0 Å². The number of anilines is 1. The van der Waals surface area contributed by atoms with E-state index in [0.29, 0.717) is 24.1 Å². The Labute approximate surface area is 100 Å². The molecular weight excluding hydrogens is 221 g/mol. The maximum Gasteiger partial charge on any atom is 0.150 e. The van der Waals surface area contributed by atoms with Gasteiger partial charge in [-0.15, -0.1) is 0 Å². The summed E-state index contributed by atoms with van der Waals surface area (Å²) >= 11 is 0. The highest BCUT2D eigenvalue weighted by molar-refractivity contribution is 5.76. The van der Waals surface area contributed by atoms with E-state index in [0.717, 1.165) is 6.42 Å². The fourth-order valence-electron chi connectivity index (χ4n) is 2.29. The van der Waals surface area contributed by atoms with E-state index < -0.39 is 0 Å². The van der Waals surface area contributed by atoms with Gasteiger partial charge in [-0.3, -0.25) is 4.79 Å². The summed E-state index contributed by atoms with van der Waals surface area (Å²) in [5.74, 6) is -0.365. The lowest BCUT2D eigenvalue weighted by atomic mass is 10.1. The van der Waals surface area contributed by atoms with Gasteiger partial charge in [0.1, 0.15) is 12.1 Å². The number of ether oxygens (including phenoxy) is 1. The van der Waals surface area contributed by atoms with Crippen molar-refractivity contribution in [3.05, 3.63) is 29.6 Å². The van der Waals surface area contributed by atoms with Gasteiger partial charge < -0.3 is 9.64 Å². The van der Waals surface area contributed by atoms with Crippen molar-refractivity contribution in [2.75, 3.05) is 18.6 Å². The van der Waals surface area contributed by atoms with Crippen molar-refractivity contribution in [2.45, 2.75) is 25.5 Å². The van der Waals surface area contributed by atoms with Crippen LogP contribution in [0.4, 0.5) is 10.1 Å². The smallest absolute Gasteiger partial charge is 0.150 e. The highest BCUT2D eigenvalue weighted by Gasteiger charge is 2.29. The van der Waals surface area contributed by atoms with E-state index in [1.807, 2.05) is 18.9 Å². The minimum Gasteiger partial charge on any atom is -0.376 e. The Kier molecular flexibility index (Phi) is 3.43. The SMILES string of the molecule is CC1OCCC1N(C)c1ccc(C=O)cc1F. The molecule has 0 aliphatic carbocycles. The fraction of sp³-hybridized carbons (Fsp3) is 0.462. The van der Waals surface area contributed by atoms with Crippen molar-refractivity contribution in [3.8, 4) is 0 Å². The molecule has 1 aliphatic rings. The molecule has 0 bridgehead atoms. The molecule has 1 aromatic rings. The Bertz CT molecular complexity index is 422. The number of hydrogen-bond donors (Lipinski definition) is 0. The lowest BCUT2D eigenvalue weighted by molar-refractivity contribution is 0.112. The predicted octanol–water partition coefficient (Wildman–Crippen LogP) is 2.25. The Hall–Kier alpha value is -1.42. The molecule has 1 aromatic carbocycles. The van der Waals surface area contributed by atoms with Crippen LogP contribution in [0.5, 0.6) is 0 Å². The van der Waals surface area contributed by atoms with E-state index in [9.17, 15) is 9.18 Å². The monoisotopic (exact) mass is 237 g/mol. The number of aldehydes is 1. The summed E-state index contributed by atoms with van der Waals surface area (Å²) in [7, 11) is 1.86. The molecule has 0 amide bonds. The Morgan fingerprint density at radius 1 is 1.53 bits per heavy atom. The number of carbonyl (C=O) groups is 1. The summed E-state index contributed by atoms with van der Waals surface area (Å²) in [6.07, 6.45) is 1.64. The van der Waals surface area contributed by atoms with E-state index in [2.05, 4.69) is 0 Å². The number of likely N-dealkylation sites (N-methyl/N-ethyl adjacent to an activating group) is 1. The summed E-state index contributed by atoms with van der Waals surface area (Å²) < 4.78 is 19.3. The third-order valence-corrected chi connectivity index (χ3v) is 3.32. The number of nitrogens with zero attached hydrogens (tertiary/aromatic N) is 1. The van der Waals surface area contributed by atoms with Crippen LogP contribution in [0.1, 0.15) is 23.7 Å². The van der Waals surface area contributed by atoms with Crippen LogP contribution in [0.2, 0.25) is 0 Å². The van der Waals surface area contributed by atoms with Crippen molar-refractivity contribution < 1.29 is 13.9 Å². The summed E-state index contributed by atoms with van der Waals surface area (Å²) in [5, 5.41) is 0. The van der Waals surface area contributed by atoms with Crippen LogP contribution in [0, 0.1) is 5.82 Å². The van der Waals surface area contributed by atoms with Gasteiger partial charge in [0, 0.05) is 19.2 Å². The van der Waals surface area contributed by atoms with Crippen molar-refractivity contribution in [1.82, 2.24) is 0 Å². The van der Waals surface area contributed by atoms with Gasteiger partial charge in [0.2, 0.25) is 0 Å². The summed E-state index contributed by atoms with van der Waals surface area (Å²) in [5.41, 5.74) is 0.869. The first kappa shape index (κ1) is 12.0. The van der Waals surface area contributed by atoms with Crippen LogP contribution in [0.15, 0.2) is 18.2 Å². The van der Waals surface area contributed by atoms with Crippen LogP contribution in [0.3, 0.4) is 0 Å². The topological polar surface area (TPSA) is 29.5 Å². The van der Waals surface area contributed by atoms with Crippen molar-refractivity contribution in [2.24, 2.45) is 0 Å². The number of halogens is 1. The van der Waals surface area contributed by atoms with Crippen LogP contribution < -0.4 is 4.90 Å². The summed E-state index contributed by atoms with van der Waals surface area (Å²) in [6, 6.07) is 4.72. The first-order valence-corrected chi connectivity index (χ1v) is 5.72. The van der Waals surface area contributed by atoms with Crippen LogP contribution >= 0.6 is 0 Å². The molecule has 2 unspecified atom stereocenters. The largest absolute Gasteiger partial charge is 0.376 e. The molecule has 1 saturated heterocycles. The van der Waals surface area contributed by atoms with Crippen LogP contribution in [0.25, 0.3) is 0 Å². The molecule has 3 nitrogen and oxygen atoms in total. The highest BCUT2D eigenvalue weighted by atomic mass is 19.1. The Balaban J connectivity index is 2.24. The first-order chi connectivity index (χ1) is 8.13. The van der Waals surface area contributed by atoms with E-state index in [1.165, 1.54) is 6.07 Å². The molecule has 1 aliphatic heterocycles. The summed E-state index contributed by atoms with van der Waals surface area (Å²) in [4.78, 5) is 12.4. The minimum atomic E-state index is -0.365. The number of benzene rings is 1. The maximum absolute atomic E-state index is 13.8. The maximum atomic E-state index is 13.8. The average Bonchev–Trinajstić information content (AvgIpc) is 2.74. The van der Waals surface area contributed by atoms with Crippen molar-refractivity contribution >= 4 is 12.0 Å². The second kappa shape index (κ2) is 4.84. The molecule has 4 heteroatoms. The lowest BCUT2D eigenvalue weighted by Gasteiger charge is -2.29. The first-order valence-electron chi connectivity index (χ1n) is 5.72. The third-order valence-electron chi connectivity index (χ3n) is 3.32. The quantitative estimate of drug-likeness (QED) is 0.755. The van der Waals surface area contributed by atoms with Gasteiger partial charge in [-0.05, 0) is 31.5 Å². The van der Waals surface area contributed by atoms with E-state index in [-0.39, 0.29) is 18.0 Å². The van der Waals surface area contributed by atoms with Crippen LogP contribution in [-0.4, -0.2) is 32.1 Å². The van der Waals surface area contributed by atoms with Gasteiger partial charge >= 0.3 is 0 Å². The van der Waals surface area contributed by atoms with Gasteiger partial charge in [0.05, 0.1) is 17.8 Å². The molecule has 0 radical (unpaired) electrons. The van der Waals surface area contributed by atoms with Crippen LogP contribution in [-0.2, 0) is 4.74 Å². The minimum absolute atomic E-state index is 0.102. The van der Waals surface area contributed by atoms with Gasteiger partial charge in [0.25, 0.3) is 0 Å². The standard InChI is InChI=1S/C13H16FNO2/c1-9-12(5-6-17-9)15(2)13-4-3-10(8-16)7-11(13)14/h3-4,7-9,12H,5-6H2,1-2H3. The van der Waals surface area contributed by atoms with E-state index in [1.54, 1.807) is 12.1 Å². The molecule has 0 spiro atoms. The summed E-state index contributed by atoms with van der Waals surface area (Å²) in [6.45, 7) is 2.70. The van der Waals surface area contributed by atoms with E-state index in [4.69, 9.17) is 4.74 Å². The highest BCUT2D eigenvalue weighted by Crippen LogP contribution is 2.26. The molecular formula is C13H16FNO2. The molecule has 1 fully saturated rings. The van der Waals surface area contributed by atoms with Gasteiger partial charge in [-0.25, -0.2) is 4.39 Å². The molecule has 0 saturated carbocycles. The molecule has 1 heterocycles. The average molecular weight is 237 g/mol. The van der Waals surface area contributed by atoms with E-state index >= 15 is 0 Å². The molecule has 2 atom stereocenters. The zero-order valence-corrected chi connectivity index (χ0v) is 10.0. The number of rotatable bonds is 3. The molecule has 0 N–H and O–H groups in total. The number of hydrogen-bond acceptors (Lipinski definition) is 3. The second-order valence-corrected chi connectivity index (χ2v) is 4.37. The molecule has 2 rings (SSSR count). The molecule has 17 heavy (non-hydrogen) atoms. The lowest BCUT2D eigenvalue weighted by Crippen LogP contribution is -2.37. The van der Waals surface area contributed by atoms with Crippen molar-refractivity contribution in [3.63, 3.8) is 0 Å². The van der Waals surface area contributed by atoms with Crippen molar-refractivity contribution in [1.29, 1.82) is 0 Å². The second-order valence-electron chi connectivity index (χ2n) is 4.37. The third kappa shape index (κ3) is 2.31. The predicted molar refractivity (Wildman–Crippen MR) is 64.0 cm³/mol. The fourth-order valence-corrected chi connectivity index (χ4v) is 2.29. The zero-order valence-electron chi connectivity index (χ0n) is 10.0. The number of carbonyl (C=O) groups excluding carboxylic acids is 1. The molecule has 0 aromatic heterocycles. The normalized spacial score (nSPS) is 23.7. The van der Waals surface area contributed by atoms with Gasteiger partial charge in [-0.1, -0.05) is 0 Å².